The van der Waals surface area contributed by atoms with Crippen LogP contribution in [0.15, 0.2) is 94.6 Å². The van der Waals surface area contributed by atoms with Crippen molar-refractivity contribution in [1.82, 2.24) is 14.3 Å². The lowest BCUT2D eigenvalue weighted by atomic mass is 10.1. The van der Waals surface area contributed by atoms with Gasteiger partial charge in [-0.05, 0) is 64.7 Å². The summed E-state index contributed by atoms with van der Waals surface area (Å²) in [5.41, 5.74) is 3.40. The Balaban J connectivity index is 1.64. The molecule has 0 aliphatic heterocycles. The average Bonchev–Trinajstić information content (AvgIpc) is 3.20. The van der Waals surface area contributed by atoms with E-state index in [1.54, 1.807) is 13.3 Å². The van der Waals surface area contributed by atoms with Crippen LogP contribution < -0.4 is 9.46 Å². The molecule has 33 heavy (non-hydrogen) atoms. The van der Waals surface area contributed by atoms with Crippen LogP contribution in [-0.4, -0.2) is 20.9 Å². The minimum absolute atomic E-state index is 0.251. The summed E-state index contributed by atoms with van der Waals surface area (Å²) in [5.74, 6) is 1.64. The third-order valence-corrected chi connectivity index (χ3v) is 7.25. The maximum absolute atomic E-state index is 13.2. The molecule has 1 heterocycles. The molecule has 1 aromatic heterocycles. The number of halogens is 1. The number of ether oxygens (including phenoxy) is 1. The van der Waals surface area contributed by atoms with E-state index >= 15 is 0 Å². The normalized spacial score (nSPS) is 12.9. The van der Waals surface area contributed by atoms with Crippen LogP contribution >= 0.6 is 15.9 Å². The van der Waals surface area contributed by atoms with Crippen molar-refractivity contribution in [2.75, 3.05) is 7.11 Å². The molecule has 2 atom stereocenters. The number of benzene rings is 3. The Bertz CT molecular complexity index is 1210. The molecule has 0 saturated carbocycles. The van der Waals surface area contributed by atoms with Crippen molar-refractivity contribution >= 4 is 26.9 Å². The van der Waals surface area contributed by atoms with Gasteiger partial charge in [0.1, 0.15) is 27.2 Å². The van der Waals surface area contributed by atoms with Crippen LogP contribution in [0, 0.1) is 6.92 Å². The van der Waals surface area contributed by atoms with Gasteiger partial charge in [-0.1, -0.05) is 60.2 Å². The van der Waals surface area contributed by atoms with E-state index in [0.717, 1.165) is 37.8 Å². The van der Waals surface area contributed by atoms with Gasteiger partial charge < -0.3 is 9.30 Å². The lowest BCUT2D eigenvalue weighted by molar-refractivity contribution is 0.414. The van der Waals surface area contributed by atoms with E-state index in [4.69, 9.17) is 9.72 Å². The van der Waals surface area contributed by atoms with Crippen LogP contribution in [0.5, 0.6) is 5.75 Å². The molecule has 2 unspecified atom stereocenters. The summed E-state index contributed by atoms with van der Waals surface area (Å²) >= 11 is 3.65. The highest BCUT2D eigenvalue weighted by molar-refractivity contribution is 9.10. The topological polar surface area (TPSA) is 56.1 Å². The number of methoxy groups -OCH3 is 1. The highest BCUT2D eigenvalue weighted by Gasteiger charge is 2.22. The Morgan fingerprint density at radius 2 is 1.70 bits per heavy atom. The molecule has 5 nitrogen and oxygen atoms in total. The predicted molar refractivity (Wildman–Crippen MR) is 136 cm³/mol. The first-order valence-electron chi connectivity index (χ1n) is 10.7. The van der Waals surface area contributed by atoms with Gasteiger partial charge in [-0.3, -0.25) is 0 Å². The van der Waals surface area contributed by atoms with Crippen LogP contribution in [0.1, 0.15) is 28.6 Å². The molecule has 4 rings (SSSR count). The summed E-state index contributed by atoms with van der Waals surface area (Å²) in [4.78, 5) is 5.44. The van der Waals surface area contributed by atoms with E-state index in [1.165, 1.54) is 0 Å². The monoisotopic (exact) mass is 523 g/mol. The van der Waals surface area contributed by atoms with Crippen LogP contribution in [-0.2, 0) is 24.0 Å². The maximum atomic E-state index is 13.2. The molecule has 0 aliphatic rings. The second-order valence-corrected chi connectivity index (χ2v) is 9.87. The van der Waals surface area contributed by atoms with E-state index in [2.05, 4.69) is 37.4 Å². The van der Waals surface area contributed by atoms with E-state index in [1.807, 2.05) is 73.7 Å². The molecular weight excluding hydrogens is 498 g/mol. The molecule has 0 aliphatic carbocycles. The Labute approximate surface area is 205 Å². The highest BCUT2D eigenvalue weighted by atomic mass is 79.9. The van der Waals surface area contributed by atoms with Gasteiger partial charge in [0, 0.05) is 6.54 Å². The predicted octanol–water partition coefficient (Wildman–Crippen LogP) is 5.61. The Hall–Kier alpha value is -2.74. The number of hydrogen-bond acceptors (Lipinski definition) is 3. The molecule has 3 aromatic carbocycles. The van der Waals surface area contributed by atoms with Crippen molar-refractivity contribution in [2.45, 2.75) is 30.8 Å². The molecule has 4 aromatic rings. The standard InChI is InChI=1S/C26H26BrN3O2S/c1-19-8-14-23(15-9-19)33(31)29-24(16-20-6-4-3-5-7-20)26-28-17-25(27)30(26)18-21-10-12-22(32-2)13-11-21/h3-15,17,24,29H,16,18H2,1-2H3. The quantitative estimate of drug-likeness (QED) is 0.310. The van der Waals surface area contributed by atoms with Gasteiger partial charge in [-0.25, -0.2) is 13.9 Å². The molecule has 0 fully saturated rings. The van der Waals surface area contributed by atoms with Gasteiger partial charge in [0.05, 0.1) is 24.2 Å². The fourth-order valence-corrected chi connectivity index (χ4v) is 4.99. The molecule has 0 radical (unpaired) electrons. The number of nitrogens with zero attached hydrogens (tertiary/aromatic N) is 2. The molecule has 0 amide bonds. The number of rotatable bonds is 9. The summed E-state index contributed by atoms with van der Waals surface area (Å²) < 4.78 is 24.8. The highest BCUT2D eigenvalue weighted by Crippen LogP contribution is 2.25. The molecule has 7 heteroatoms. The Kier molecular flexibility index (Phi) is 7.75. The third-order valence-electron chi connectivity index (χ3n) is 5.42. The van der Waals surface area contributed by atoms with Crippen LogP contribution in [0.25, 0.3) is 0 Å². The van der Waals surface area contributed by atoms with Gasteiger partial charge in [0.25, 0.3) is 0 Å². The van der Waals surface area contributed by atoms with Gasteiger partial charge >= 0.3 is 0 Å². The number of aromatic nitrogens is 2. The molecule has 0 spiro atoms. The van der Waals surface area contributed by atoms with Crippen LogP contribution in [0.3, 0.4) is 0 Å². The van der Waals surface area contributed by atoms with E-state index < -0.39 is 11.0 Å². The smallest absolute Gasteiger partial charge is 0.128 e. The van der Waals surface area contributed by atoms with Crippen molar-refractivity contribution in [2.24, 2.45) is 0 Å². The lowest BCUT2D eigenvalue weighted by Crippen LogP contribution is -2.28. The van der Waals surface area contributed by atoms with Crippen molar-refractivity contribution < 1.29 is 8.95 Å². The molecular formula is C26H26BrN3O2S. The SMILES string of the molecule is COc1ccc(Cn2c(Br)cnc2C(Cc2ccccc2)NS(=O)c2ccc(C)cc2)cc1. The summed E-state index contributed by atoms with van der Waals surface area (Å²) in [5, 5.41) is 0. The van der Waals surface area contributed by atoms with Gasteiger partial charge in [-0.15, -0.1) is 0 Å². The second-order valence-electron chi connectivity index (χ2n) is 7.82. The van der Waals surface area contributed by atoms with Crippen LogP contribution in [0.4, 0.5) is 0 Å². The zero-order valence-corrected chi connectivity index (χ0v) is 21.0. The largest absolute Gasteiger partial charge is 0.497 e. The average molecular weight is 524 g/mol. The fourth-order valence-electron chi connectivity index (χ4n) is 3.61. The molecule has 1 N–H and O–H groups in total. The summed E-state index contributed by atoms with van der Waals surface area (Å²) in [7, 11) is 0.279. The summed E-state index contributed by atoms with van der Waals surface area (Å²) in [6.07, 6.45) is 2.46. The first kappa shape index (κ1) is 23.4. The number of nitrogens with one attached hydrogen (secondary N) is 1. The Morgan fingerprint density at radius 3 is 2.36 bits per heavy atom. The first-order valence-corrected chi connectivity index (χ1v) is 12.6. The van der Waals surface area contributed by atoms with E-state index in [-0.39, 0.29) is 6.04 Å². The van der Waals surface area contributed by atoms with Crippen molar-refractivity contribution in [3.05, 3.63) is 112 Å². The summed E-state index contributed by atoms with van der Waals surface area (Å²) in [6, 6.07) is 25.7. The van der Waals surface area contributed by atoms with Gasteiger partial charge in [0.2, 0.25) is 0 Å². The lowest BCUT2D eigenvalue weighted by Gasteiger charge is -2.20. The summed E-state index contributed by atoms with van der Waals surface area (Å²) in [6.45, 7) is 2.65. The molecule has 170 valence electrons. The third kappa shape index (κ3) is 5.99. The number of aryl methyl sites for hydroxylation is 1. The van der Waals surface area contributed by atoms with Crippen molar-refractivity contribution in [3.63, 3.8) is 0 Å². The van der Waals surface area contributed by atoms with Crippen molar-refractivity contribution in [1.29, 1.82) is 0 Å². The van der Waals surface area contributed by atoms with Gasteiger partial charge in [0.15, 0.2) is 0 Å². The minimum Gasteiger partial charge on any atom is -0.497 e. The zero-order valence-electron chi connectivity index (χ0n) is 18.6. The molecule has 0 bridgehead atoms. The fraction of sp³-hybridized carbons (Fsp3) is 0.192. The zero-order chi connectivity index (χ0) is 23.2. The molecule has 0 saturated heterocycles. The van der Waals surface area contributed by atoms with Crippen molar-refractivity contribution in [3.8, 4) is 5.75 Å². The van der Waals surface area contributed by atoms with Gasteiger partial charge in [-0.2, -0.15) is 0 Å². The first-order chi connectivity index (χ1) is 16.0. The van der Waals surface area contributed by atoms with E-state index in [9.17, 15) is 4.21 Å². The van der Waals surface area contributed by atoms with E-state index in [0.29, 0.717) is 13.0 Å². The minimum atomic E-state index is -1.38. The number of imidazole rings is 1. The second kappa shape index (κ2) is 10.9. The number of hydrogen-bond donors (Lipinski definition) is 1. The van der Waals surface area contributed by atoms with Crippen LogP contribution in [0.2, 0.25) is 0 Å². The maximum Gasteiger partial charge on any atom is 0.128 e. The Morgan fingerprint density at radius 1 is 1.00 bits per heavy atom.